The maximum Gasteiger partial charge on any atom is -0.0273 e. The lowest BCUT2D eigenvalue weighted by molar-refractivity contribution is 0.839. The van der Waals surface area contributed by atoms with E-state index in [0.717, 1.165) is 12.8 Å². The highest BCUT2D eigenvalue weighted by Gasteiger charge is 1.95. The second-order valence-corrected chi connectivity index (χ2v) is 6.21. The van der Waals surface area contributed by atoms with Gasteiger partial charge in [-0.3, -0.25) is 0 Å². The molecule has 0 atom stereocenters. The Hall–Kier alpha value is -2.08. The van der Waals surface area contributed by atoms with Gasteiger partial charge in [0, 0.05) is 0 Å². The summed E-state index contributed by atoms with van der Waals surface area (Å²) in [6.45, 7) is 11.8. The molecule has 0 aliphatic heterocycles. The lowest BCUT2D eigenvalue weighted by Gasteiger charge is -2.02. The molecule has 0 aliphatic carbocycles. The molecule has 0 unspecified atom stereocenters. The summed E-state index contributed by atoms with van der Waals surface area (Å²) in [6, 6.07) is 17.1. The zero-order chi connectivity index (χ0) is 17.6. The van der Waals surface area contributed by atoms with Crippen LogP contribution in [0.5, 0.6) is 0 Å². The van der Waals surface area contributed by atoms with Crippen LogP contribution in [-0.2, 0) is 12.8 Å². The Labute approximate surface area is 148 Å². The first-order chi connectivity index (χ1) is 11.7. The summed E-state index contributed by atoms with van der Waals surface area (Å²) in [7, 11) is 0. The Balaban J connectivity index is 0.000000240. The van der Waals surface area contributed by atoms with Crippen LogP contribution < -0.4 is 0 Å². The summed E-state index contributed by atoms with van der Waals surface area (Å²) in [4.78, 5) is 0. The Kier molecular flexibility index (Phi) is 10.3. The van der Waals surface area contributed by atoms with Gasteiger partial charge >= 0.3 is 0 Å². The first-order valence-electron chi connectivity index (χ1n) is 8.99. The number of hydrogen-bond donors (Lipinski definition) is 0. The van der Waals surface area contributed by atoms with Crippen LogP contribution in [0.2, 0.25) is 0 Å². The van der Waals surface area contributed by atoms with Gasteiger partial charge in [0.25, 0.3) is 0 Å². The largest absolute Gasteiger partial charge is 0.103 e. The summed E-state index contributed by atoms with van der Waals surface area (Å²) < 4.78 is 0. The Morgan fingerprint density at radius 1 is 0.667 bits per heavy atom. The van der Waals surface area contributed by atoms with Gasteiger partial charge in [-0.05, 0) is 74.6 Å². The van der Waals surface area contributed by atoms with Crippen molar-refractivity contribution in [2.45, 2.75) is 52.4 Å². The fourth-order valence-corrected chi connectivity index (χ4v) is 2.65. The van der Waals surface area contributed by atoms with Gasteiger partial charge in [0.05, 0.1) is 0 Å². The molecule has 0 heterocycles. The molecule has 2 rings (SSSR count). The van der Waals surface area contributed by atoms with E-state index in [9.17, 15) is 0 Å². The monoisotopic (exact) mass is 320 g/mol. The normalized spacial score (nSPS) is 9.75. The molecule has 128 valence electrons. The first-order valence-corrected chi connectivity index (χ1v) is 8.99. The van der Waals surface area contributed by atoms with Crippen LogP contribution in [-0.4, -0.2) is 0 Å². The predicted octanol–water partition coefficient (Wildman–Crippen LogP) is 7.01. The molecule has 0 spiro atoms. The molecule has 0 bridgehead atoms. The zero-order valence-corrected chi connectivity index (χ0v) is 15.4. The molecule has 0 saturated carbocycles. The molecule has 0 N–H and O–H groups in total. The van der Waals surface area contributed by atoms with Gasteiger partial charge in [-0.1, -0.05) is 60.7 Å². The first kappa shape index (κ1) is 20.0. The van der Waals surface area contributed by atoms with E-state index < -0.39 is 0 Å². The van der Waals surface area contributed by atoms with Gasteiger partial charge in [0.2, 0.25) is 0 Å². The summed E-state index contributed by atoms with van der Waals surface area (Å²) in [6.07, 6.45) is 11.0. The fraction of sp³-hybridized carbons (Fsp3) is 0.333. The Morgan fingerprint density at radius 3 is 1.38 bits per heavy atom. The van der Waals surface area contributed by atoms with Crippen molar-refractivity contribution in [2.24, 2.45) is 0 Å². The lowest BCUT2D eigenvalue weighted by Crippen LogP contribution is -1.87. The number of hydrogen-bond acceptors (Lipinski definition) is 0. The minimum absolute atomic E-state index is 1.12. The Bertz CT molecular complexity index is 551. The van der Waals surface area contributed by atoms with Crippen LogP contribution in [0.4, 0.5) is 0 Å². The highest BCUT2D eigenvalue weighted by molar-refractivity contribution is 5.26. The van der Waals surface area contributed by atoms with Gasteiger partial charge < -0.3 is 0 Å². The van der Waals surface area contributed by atoms with Crippen molar-refractivity contribution in [1.29, 1.82) is 0 Å². The quantitative estimate of drug-likeness (QED) is 0.362. The van der Waals surface area contributed by atoms with E-state index in [0.29, 0.717) is 0 Å². The summed E-state index contributed by atoms with van der Waals surface area (Å²) in [5, 5.41) is 0. The third-order valence-corrected chi connectivity index (χ3v) is 4.23. The van der Waals surface area contributed by atoms with Crippen molar-refractivity contribution in [2.75, 3.05) is 0 Å². The van der Waals surface area contributed by atoms with E-state index in [1.54, 1.807) is 0 Å². The smallest absolute Gasteiger partial charge is 0.0273 e. The van der Waals surface area contributed by atoms with Crippen molar-refractivity contribution in [3.8, 4) is 0 Å². The minimum atomic E-state index is 1.12. The molecule has 0 fully saturated rings. The second-order valence-electron chi connectivity index (χ2n) is 6.21. The number of benzene rings is 2. The number of aryl methyl sites for hydroxylation is 4. The molecule has 2 aromatic rings. The van der Waals surface area contributed by atoms with Gasteiger partial charge in [-0.25, -0.2) is 0 Å². The van der Waals surface area contributed by atoms with Crippen molar-refractivity contribution >= 4 is 0 Å². The molecule has 0 radical (unpaired) electrons. The number of unbranched alkanes of at least 4 members (excludes halogenated alkanes) is 2. The molecule has 0 heteroatoms. The molecule has 0 amide bonds. The lowest BCUT2D eigenvalue weighted by atomic mass is 10.0. The molecule has 24 heavy (non-hydrogen) atoms. The zero-order valence-electron chi connectivity index (χ0n) is 15.4. The maximum absolute atomic E-state index is 3.71. The molecule has 0 nitrogen and oxygen atoms in total. The van der Waals surface area contributed by atoms with E-state index in [1.807, 2.05) is 12.2 Å². The highest BCUT2D eigenvalue weighted by Crippen LogP contribution is 2.11. The fourth-order valence-electron chi connectivity index (χ4n) is 2.65. The highest BCUT2D eigenvalue weighted by atomic mass is 14.0. The number of allylic oxidation sites excluding steroid dienone is 2. The van der Waals surface area contributed by atoms with Crippen LogP contribution in [0.15, 0.2) is 73.8 Å². The van der Waals surface area contributed by atoms with Crippen LogP contribution in [0, 0.1) is 13.8 Å². The van der Waals surface area contributed by atoms with E-state index in [2.05, 4.69) is 75.5 Å². The second kappa shape index (κ2) is 12.4. The SMILES string of the molecule is C=CCCCc1ccccc1C.C=CCCCc1ccccc1C. The van der Waals surface area contributed by atoms with Gasteiger partial charge in [0.1, 0.15) is 0 Å². The molecular weight excluding hydrogens is 288 g/mol. The van der Waals surface area contributed by atoms with Crippen molar-refractivity contribution in [1.82, 2.24) is 0 Å². The summed E-state index contributed by atoms with van der Waals surface area (Å²) in [5.74, 6) is 0. The van der Waals surface area contributed by atoms with E-state index in [4.69, 9.17) is 0 Å². The van der Waals surface area contributed by atoms with E-state index in [-0.39, 0.29) is 0 Å². The molecular formula is C24H32. The topological polar surface area (TPSA) is 0 Å². The van der Waals surface area contributed by atoms with Crippen LogP contribution >= 0.6 is 0 Å². The summed E-state index contributed by atoms with van der Waals surface area (Å²) in [5.41, 5.74) is 5.75. The van der Waals surface area contributed by atoms with Crippen molar-refractivity contribution in [3.05, 3.63) is 96.1 Å². The van der Waals surface area contributed by atoms with Crippen molar-refractivity contribution in [3.63, 3.8) is 0 Å². The minimum Gasteiger partial charge on any atom is -0.103 e. The predicted molar refractivity (Wildman–Crippen MR) is 109 cm³/mol. The molecule has 2 aromatic carbocycles. The summed E-state index contributed by atoms with van der Waals surface area (Å²) >= 11 is 0. The van der Waals surface area contributed by atoms with Crippen molar-refractivity contribution < 1.29 is 0 Å². The van der Waals surface area contributed by atoms with Gasteiger partial charge in [-0.2, -0.15) is 0 Å². The van der Waals surface area contributed by atoms with Crippen LogP contribution in [0.3, 0.4) is 0 Å². The van der Waals surface area contributed by atoms with E-state index >= 15 is 0 Å². The van der Waals surface area contributed by atoms with Gasteiger partial charge in [0.15, 0.2) is 0 Å². The van der Waals surface area contributed by atoms with Crippen LogP contribution in [0.25, 0.3) is 0 Å². The molecule has 0 aromatic heterocycles. The number of rotatable bonds is 8. The molecule has 0 saturated heterocycles. The van der Waals surface area contributed by atoms with Gasteiger partial charge in [-0.15, -0.1) is 13.2 Å². The maximum atomic E-state index is 3.71. The van der Waals surface area contributed by atoms with Crippen LogP contribution in [0.1, 0.15) is 47.9 Å². The third-order valence-electron chi connectivity index (χ3n) is 4.23. The average Bonchev–Trinajstić information content (AvgIpc) is 2.59. The average molecular weight is 321 g/mol. The Morgan fingerprint density at radius 2 is 1.04 bits per heavy atom. The van der Waals surface area contributed by atoms with E-state index in [1.165, 1.54) is 47.9 Å². The molecule has 0 aliphatic rings. The standard InChI is InChI=1S/2C12H16/c2*1-3-4-5-9-12-10-7-6-8-11(12)2/h2*3,6-8,10H,1,4-5,9H2,2H3. The third kappa shape index (κ3) is 7.97.